The molecule has 0 aromatic carbocycles. The quantitative estimate of drug-likeness (QED) is 0.114. The van der Waals surface area contributed by atoms with Crippen LogP contribution in [0.25, 0.3) is 11.3 Å². The lowest BCUT2D eigenvalue weighted by Gasteiger charge is -2.51. The lowest BCUT2D eigenvalue weighted by atomic mass is 9.86. The molecule has 5 N–H and O–H groups in total. The van der Waals surface area contributed by atoms with E-state index in [1.807, 2.05) is 41.5 Å². The van der Waals surface area contributed by atoms with Gasteiger partial charge in [-0.25, -0.2) is 14.3 Å². The van der Waals surface area contributed by atoms with Crippen LogP contribution in [0.1, 0.15) is 12.7 Å². The van der Waals surface area contributed by atoms with Crippen LogP contribution in [0.2, 0.25) is 0 Å². The fourth-order valence-corrected chi connectivity index (χ4v) is 8.12. The average molecular weight is 608 g/mol. The number of nitrogens with zero attached hydrogens (tertiary/aromatic N) is 6. The van der Waals surface area contributed by atoms with Crippen LogP contribution < -0.4 is 15.8 Å². The number of amides is 1. The Bertz CT molecular complexity index is 1460. The van der Waals surface area contributed by atoms with Gasteiger partial charge in [0.15, 0.2) is 27.7 Å². The molecule has 17 heteroatoms. The largest absolute Gasteiger partial charge is 0.477 e. The van der Waals surface area contributed by atoms with Crippen molar-refractivity contribution >= 4 is 69.1 Å². The predicted octanol–water partition coefficient (Wildman–Crippen LogP) is 1.78. The fourth-order valence-electron chi connectivity index (χ4n) is 4.11. The summed E-state index contributed by atoms with van der Waals surface area (Å²) in [5.41, 5.74) is 9.60. The summed E-state index contributed by atoms with van der Waals surface area (Å²) < 4.78 is 6.73. The molecular weight excluding hydrogens is 585 g/mol. The minimum atomic E-state index is -1.22. The van der Waals surface area contributed by atoms with Crippen molar-refractivity contribution in [2.24, 2.45) is 18.1 Å². The number of thiazole rings is 1. The molecule has 0 aliphatic carbocycles. The first-order valence-corrected chi connectivity index (χ1v) is 15.0. The first-order valence-electron chi connectivity index (χ1n) is 11.5. The van der Waals surface area contributed by atoms with Gasteiger partial charge in [0.05, 0.1) is 23.0 Å². The number of rotatable bonds is 10. The van der Waals surface area contributed by atoms with Gasteiger partial charge in [-0.3, -0.25) is 9.69 Å². The summed E-state index contributed by atoms with van der Waals surface area (Å²) >= 11 is 4.97. The molecule has 1 amide bonds. The topological polar surface area (TPSA) is 180 Å². The molecule has 2 aliphatic heterocycles. The summed E-state index contributed by atoms with van der Waals surface area (Å²) in [7, 11) is 1.93. The summed E-state index contributed by atoms with van der Waals surface area (Å²) in [6.07, 6.45) is 3.85. The Balaban J connectivity index is 1.40. The maximum Gasteiger partial charge on any atom is 0.353 e. The van der Waals surface area contributed by atoms with Gasteiger partial charge in [-0.1, -0.05) is 16.9 Å². The van der Waals surface area contributed by atoms with Crippen LogP contribution in [0.15, 0.2) is 50.0 Å². The highest BCUT2D eigenvalue weighted by atomic mass is 32.2. The Kier molecular flexibility index (Phi) is 8.15. The van der Waals surface area contributed by atoms with Gasteiger partial charge in [-0.2, -0.15) is 14.8 Å². The highest BCUT2D eigenvalue weighted by Gasteiger charge is 2.58. The van der Waals surface area contributed by atoms with Crippen molar-refractivity contribution in [1.29, 1.82) is 0 Å². The molecule has 5 rings (SSSR count). The number of hydrogen-bond donors (Lipinski definition) is 4. The Morgan fingerprint density at radius 2 is 2.18 bits per heavy atom. The second-order valence-corrected chi connectivity index (χ2v) is 12.4. The van der Waals surface area contributed by atoms with Crippen molar-refractivity contribution in [2.75, 3.05) is 18.1 Å². The number of anilines is 1. The molecule has 13 nitrogen and oxygen atoms in total. The van der Waals surface area contributed by atoms with E-state index in [4.69, 9.17) is 10.6 Å². The van der Waals surface area contributed by atoms with Crippen LogP contribution in [0.5, 0.6) is 0 Å². The van der Waals surface area contributed by atoms with Gasteiger partial charge >= 0.3 is 5.97 Å². The number of aliphatic carboxylic acids is 1. The maximum absolute atomic E-state index is 13.4. The molecule has 1 saturated heterocycles. The highest BCUT2D eigenvalue weighted by Crippen LogP contribution is 2.49. The molecule has 0 bridgehead atoms. The first-order chi connectivity index (χ1) is 18.8. The van der Waals surface area contributed by atoms with Gasteiger partial charge in [0.2, 0.25) is 5.91 Å². The van der Waals surface area contributed by atoms with E-state index in [0.717, 1.165) is 22.8 Å². The Morgan fingerprint density at radius 3 is 2.82 bits per heavy atom. The number of aryl methyl sites for hydroxylation is 1. The molecule has 0 radical (unpaired) electrons. The lowest BCUT2D eigenvalue weighted by Crippen LogP contribution is -2.68. The molecule has 0 spiro atoms. The smallest absolute Gasteiger partial charge is 0.353 e. The highest BCUT2D eigenvalue weighted by molar-refractivity contribution is 8.07. The van der Waals surface area contributed by atoms with Crippen molar-refractivity contribution < 1.29 is 29.3 Å². The molecule has 3 atom stereocenters. The third kappa shape index (κ3) is 5.37. The fraction of sp³-hybridized carbons (Fsp3) is 0.318. The Hall–Kier alpha value is -3.09. The van der Waals surface area contributed by atoms with Crippen LogP contribution in [0.4, 0.5) is 5.13 Å². The van der Waals surface area contributed by atoms with E-state index < -0.39 is 29.2 Å². The van der Waals surface area contributed by atoms with Crippen LogP contribution in [-0.4, -0.2) is 70.9 Å². The van der Waals surface area contributed by atoms with Crippen LogP contribution in [-0.2, 0) is 21.5 Å². The maximum atomic E-state index is 13.4. The molecular formula is C22H23N8O5S4+. The van der Waals surface area contributed by atoms with Crippen LogP contribution >= 0.6 is 46.4 Å². The van der Waals surface area contributed by atoms with Crippen LogP contribution in [0.3, 0.4) is 0 Å². The average Bonchev–Trinajstić information content (AvgIpc) is 3.57. The number of hydrogen-bond acceptors (Lipinski definition) is 14. The van der Waals surface area contributed by atoms with E-state index >= 15 is 0 Å². The molecule has 1 unspecified atom stereocenters. The summed E-state index contributed by atoms with van der Waals surface area (Å²) in [4.78, 5) is 41.5. The summed E-state index contributed by atoms with van der Waals surface area (Å²) in [6, 6.07) is 2.86. The number of carboxylic acid groups (broad SMARTS) is 1. The van der Waals surface area contributed by atoms with Gasteiger partial charge in [0.25, 0.3) is 0 Å². The number of thioether (sulfide) groups is 2. The molecule has 2 aliphatic rings. The number of carboxylic acids is 1. The van der Waals surface area contributed by atoms with E-state index in [0.29, 0.717) is 15.0 Å². The standard InChI is InChI=1S/C22H22N8O5S4/c1-3-35-27-15(17-25-21(23)39-28-17)14(26-34)13-18(31)30-16(20(32)33)12(9-36-19(13)30)38-22-24-11(8-37-22)10-4-6-29(2)7-5-10/h4-8,13-14,19,26,34H,3,9H2,1-2H3,(H2-,23,25,28,32,33)/p+1/t13-,14?,19-/m1/s1. The summed E-state index contributed by atoms with van der Waals surface area (Å²) in [5.74, 6) is -2.10. The zero-order valence-corrected chi connectivity index (χ0v) is 23.8. The lowest BCUT2D eigenvalue weighted by molar-refractivity contribution is -0.671. The zero-order valence-electron chi connectivity index (χ0n) is 20.5. The van der Waals surface area contributed by atoms with E-state index in [-0.39, 0.29) is 29.0 Å². The molecule has 0 saturated carbocycles. The normalized spacial score (nSPS) is 20.0. The number of carbonyl (C=O) groups excluding carboxylic acids is 1. The van der Waals surface area contributed by atoms with E-state index in [2.05, 4.69) is 25.0 Å². The summed E-state index contributed by atoms with van der Waals surface area (Å²) in [5, 5.41) is 25.7. The van der Waals surface area contributed by atoms with Gasteiger partial charge in [0.1, 0.15) is 25.1 Å². The Morgan fingerprint density at radius 1 is 1.41 bits per heavy atom. The zero-order chi connectivity index (χ0) is 27.7. The molecule has 3 aromatic heterocycles. The number of nitrogens with one attached hydrogen (secondary N) is 1. The number of hydroxylamine groups is 1. The molecule has 5 heterocycles. The number of oxime groups is 1. The minimum Gasteiger partial charge on any atom is -0.477 e. The monoisotopic (exact) mass is 607 g/mol. The van der Waals surface area contributed by atoms with Crippen molar-refractivity contribution in [3.8, 4) is 11.3 Å². The second-order valence-electron chi connectivity index (χ2n) is 8.32. The van der Waals surface area contributed by atoms with Gasteiger partial charge < -0.3 is 20.9 Å². The molecule has 1 fully saturated rings. The molecule has 3 aromatic rings. The van der Waals surface area contributed by atoms with Crippen molar-refractivity contribution in [2.45, 2.75) is 22.7 Å². The van der Waals surface area contributed by atoms with E-state index in [9.17, 15) is 19.9 Å². The van der Waals surface area contributed by atoms with Gasteiger partial charge in [0, 0.05) is 45.3 Å². The van der Waals surface area contributed by atoms with Gasteiger partial charge in [-0.05, 0) is 6.92 Å². The number of carbonyl (C=O) groups is 2. The van der Waals surface area contributed by atoms with Crippen molar-refractivity contribution in [1.82, 2.24) is 24.7 Å². The third-order valence-electron chi connectivity index (χ3n) is 5.90. The first kappa shape index (κ1) is 27.5. The number of fused-ring (bicyclic) bond motifs is 1. The number of β-lactam (4-membered cyclic amide) rings is 1. The molecule has 204 valence electrons. The number of nitrogens with two attached hydrogens (primary N) is 1. The summed E-state index contributed by atoms with van der Waals surface area (Å²) in [6.45, 7) is 1.96. The SMILES string of the molecule is CCON=C(c1nsc(N)n1)C(NO)[C@@H]1C(=O)N2C(C(=O)O)=C(Sc3nc(-c4cc[n+](C)cc4)cs3)CS[C@H]12. The third-order valence-corrected chi connectivity index (χ3v) is 9.95. The van der Waals surface area contributed by atoms with E-state index in [1.54, 1.807) is 6.92 Å². The van der Waals surface area contributed by atoms with E-state index in [1.165, 1.54) is 39.8 Å². The molecule has 39 heavy (non-hydrogen) atoms. The van der Waals surface area contributed by atoms with Crippen molar-refractivity contribution in [3.63, 3.8) is 0 Å². The van der Waals surface area contributed by atoms with Crippen molar-refractivity contribution in [3.05, 3.63) is 46.3 Å². The van der Waals surface area contributed by atoms with Gasteiger partial charge in [-0.15, -0.1) is 23.1 Å². The predicted molar refractivity (Wildman–Crippen MR) is 147 cm³/mol. The number of nitrogen functional groups attached to an aromatic ring is 1. The second kappa shape index (κ2) is 11.6. The Labute approximate surface area is 238 Å². The number of aromatic nitrogens is 4. The van der Waals surface area contributed by atoms with Crippen LogP contribution in [0, 0.1) is 5.92 Å². The minimum absolute atomic E-state index is 0.0931. The number of pyridine rings is 1.